The molecule has 2 aromatic carbocycles. The van der Waals surface area contributed by atoms with Crippen LogP contribution in [-0.4, -0.2) is 23.9 Å². The molecular formula is C19H21Cl2N3O2. The van der Waals surface area contributed by atoms with Crippen molar-refractivity contribution in [3.63, 3.8) is 0 Å². The number of anilines is 1. The lowest BCUT2D eigenvalue weighted by Gasteiger charge is -2.14. The van der Waals surface area contributed by atoms with Crippen LogP contribution in [0.3, 0.4) is 0 Å². The Morgan fingerprint density at radius 2 is 1.85 bits per heavy atom. The van der Waals surface area contributed by atoms with E-state index in [-0.39, 0.29) is 30.3 Å². The van der Waals surface area contributed by atoms with E-state index in [4.69, 9.17) is 17.3 Å². The maximum atomic E-state index is 12.3. The molecule has 1 saturated carbocycles. The number of hydrogen-bond donors (Lipinski definition) is 3. The van der Waals surface area contributed by atoms with Gasteiger partial charge in [-0.05, 0) is 43.0 Å². The van der Waals surface area contributed by atoms with Crippen molar-refractivity contribution >= 4 is 41.5 Å². The second kappa shape index (κ2) is 9.03. The zero-order chi connectivity index (χ0) is 17.8. The first-order valence-electron chi connectivity index (χ1n) is 8.23. The molecule has 0 spiro atoms. The van der Waals surface area contributed by atoms with Crippen LogP contribution in [0.5, 0.6) is 0 Å². The van der Waals surface area contributed by atoms with E-state index in [1.54, 1.807) is 18.2 Å². The monoisotopic (exact) mass is 393 g/mol. The molecule has 1 fully saturated rings. The molecule has 26 heavy (non-hydrogen) atoms. The minimum Gasteiger partial charge on any atom is -0.349 e. The summed E-state index contributed by atoms with van der Waals surface area (Å²) in [5, 5.41) is 5.99. The van der Waals surface area contributed by atoms with Gasteiger partial charge in [0.05, 0.1) is 16.6 Å². The summed E-state index contributed by atoms with van der Waals surface area (Å²) in [4.78, 5) is 24.5. The lowest BCUT2D eigenvalue weighted by molar-refractivity contribution is -0.117. The van der Waals surface area contributed by atoms with Crippen LogP contribution in [0.15, 0.2) is 48.5 Å². The molecule has 0 saturated heterocycles. The van der Waals surface area contributed by atoms with Crippen LogP contribution in [0.1, 0.15) is 28.8 Å². The van der Waals surface area contributed by atoms with Crippen molar-refractivity contribution in [1.29, 1.82) is 0 Å². The van der Waals surface area contributed by atoms with Crippen LogP contribution >= 0.6 is 24.0 Å². The third-order valence-corrected chi connectivity index (χ3v) is 4.36. The zero-order valence-electron chi connectivity index (χ0n) is 14.1. The van der Waals surface area contributed by atoms with Gasteiger partial charge in [-0.15, -0.1) is 12.4 Å². The molecule has 138 valence electrons. The zero-order valence-corrected chi connectivity index (χ0v) is 15.6. The van der Waals surface area contributed by atoms with Gasteiger partial charge in [-0.3, -0.25) is 9.59 Å². The van der Waals surface area contributed by atoms with Gasteiger partial charge in [0.1, 0.15) is 0 Å². The maximum Gasteiger partial charge on any atom is 0.253 e. The Bertz CT molecular complexity index is 780. The second-order valence-electron chi connectivity index (χ2n) is 6.23. The fraction of sp³-hybridized carbons (Fsp3) is 0.263. The molecule has 0 radical (unpaired) electrons. The molecule has 2 aromatic rings. The van der Waals surface area contributed by atoms with Crippen LogP contribution in [0.25, 0.3) is 0 Å². The van der Waals surface area contributed by atoms with Gasteiger partial charge < -0.3 is 16.4 Å². The van der Waals surface area contributed by atoms with Gasteiger partial charge in [0.2, 0.25) is 5.91 Å². The molecule has 1 aliphatic rings. The summed E-state index contributed by atoms with van der Waals surface area (Å²) in [6.45, 7) is 0. The standard InChI is InChI=1S/C19H20ClN3O2.ClH/c20-16-9-8-14(11-15(16)18(24)22-13-6-7-13)23-19(25)17(21)10-12-4-2-1-3-5-12;/h1-5,8-9,11,13,17H,6-7,10,21H2,(H,22,24)(H,23,25);1H/t17-;/m0./s1. The Morgan fingerprint density at radius 1 is 1.15 bits per heavy atom. The first-order valence-corrected chi connectivity index (χ1v) is 8.61. The van der Waals surface area contributed by atoms with Gasteiger partial charge in [0, 0.05) is 11.7 Å². The molecule has 0 aromatic heterocycles. The summed E-state index contributed by atoms with van der Waals surface area (Å²) >= 11 is 6.10. The van der Waals surface area contributed by atoms with Crippen molar-refractivity contribution in [3.05, 3.63) is 64.7 Å². The van der Waals surface area contributed by atoms with Crippen molar-refractivity contribution < 1.29 is 9.59 Å². The minimum absolute atomic E-state index is 0. The summed E-state index contributed by atoms with van der Waals surface area (Å²) < 4.78 is 0. The summed E-state index contributed by atoms with van der Waals surface area (Å²) in [6.07, 6.45) is 2.43. The summed E-state index contributed by atoms with van der Waals surface area (Å²) in [5.41, 5.74) is 7.82. The number of nitrogens with one attached hydrogen (secondary N) is 2. The fourth-order valence-corrected chi connectivity index (χ4v) is 2.67. The number of amides is 2. The van der Waals surface area contributed by atoms with Crippen LogP contribution in [0.4, 0.5) is 5.69 Å². The highest BCUT2D eigenvalue weighted by molar-refractivity contribution is 6.34. The van der Waals surface area contributed by atoms with Crippen molar-refractivity contribution in [2.75, 3.05) is 5.32 Å². The van der Waals surface area contributed by atoms with E-state index in [0.717, 1.165) is 18.4 Å². The van der Waals surface area contributed by atoms with Crippen molar-refractivity contribution in [2.24, 2.45) is 5.73 Å². The van der Waals surface area contributed by atoms with Gasteiger partial charge in [-0.2, -0.15) is 0 Å². The third-order valence-electron chi connectivity index (χ3n) is 4.03. The molecule has 0 heterocycles. The molecule has 1 atom stereocenters. The Labute approximate surface area is 163 Å². The summed E-state index contributed by atoms with van der Waals surface area (Å²) in [6, 6.07) is 14.0. The fourth-order valence-electron chi connectivity index (χ4n) is 2.46. The number of carbonyl (C=O) groups excluding carboxylic acids is 2. The molecule has 3 rings (SSSR count). The molecule has 1 aliphatic carbocycles. The average Bonchev–Trinajstić information content (AvgIpc) is 3.41. The SMILES string of the molecule is Cl.N[C@@H](Cc1ccccc1)C(=O)Nc1ccc(Cl)c(C(=O)NC2CC2)c1. The van der Waals surface area contributed by atoms with Crippen LogP contribution in [0.2, 0.25) is 5.02 Å². The maximum absolute atomic E-state index is 12.3. The number of carbonyl (C=O) groups is 2. The number of benzene rings is 2. The lowest BCUT2D eigenvalue weighted by atomic mass is 10.1. The van der Waals surface area contributed by atoms with Gasteiger partial charge in [-0.1, -0.05) is 41.9 Å². The van der Waals surface area contributed by atoms with E-state index in [2.05, 4.69) is 10.6 Å². The van der Waals surface area contributed by atoms with E-state index >= 15 is 0 Å². The molecule has 5 nitrogen and oxygen atoms in total. The lowest BCUT2D eigenvalue weighted by Crippen LogP contribution is -2.37. The van der Waals surface area contributed by atoms with E-state index in [1.807, 2.05) is 30.3 Å². The van der Waals surface area contributed by atoms with Gasteiger partial charge >= 0.3 is 0 Å². The van der Waals surface area contributed by atoms with Crippen molar-refractivity contribution in [1.82, 2.24) is 5.32 Å². The van der Waals surface area contributed by atoms with Crippen LogP contribution in [0, 0.1) is 0 Å². The van der Waals surface area contributed by atoms with Crippen LogP contribution in [-0.2, 0) is 11.2 Å². The van der Waals surface area contributed by atoms with Crippen molar-refractivity contribution in [2.45, 2.75) is 31.3 Å². The Kier molecular flexibility index (Phi) is 7.03. The Morgan fingerprint density at radius 3 is 2.50 bits per heavy atom. The topological polar surface area (TPSA) is 84.2 Å². The number of halogens is 2. The number of rotatable bonds is 6. The Hall–Kier alpha value is -2.08. The second-order valence-corrected chi connectivity index (χ2v) is 6.64. The van der Waals surface area contributed by atoms with E-state index in [1.165, 1.54) is 0 Å². The predicted octanol–water partition coefficient (Wildman–Crippen LogP) is 3.16. The first-order chi connectivity index (χ1) is 12.0. The molecule has 2 amide bonds. The highest BCUT2D eigenvalue weighted by Gasteiger charge is 2.25. The number of hydrogen-bond acceptors (Lipinski definition) is 3. The minimum atomic E-state index is -0.679. The van der Waals surface area contributed by atoms with Gasteiger partial charge in [0.15, 0.2) is 0 Å². The first kappa shape index (κ1) is 20.2. The van der Waals surface area contributed by atoms with E-state index in [0.29, 0.717) is 22.7 Å². The third kappa shape index (κ3) is 5.46. The van der Waals surface area contributed by atoms with E-state index in [9.17, 15) is 9.59 Å². The molecule has 4 N–H and O–H groups in total. The normalized spacial score (nSPS) is 14.1. The summed E-state index contributed by atoms with van der Waals surface area (Å²) in [5.74, 6) is -0.531. The Balaban J connectivity index is 0.00000243. The molecule has 7 heteroatoms. The predicted molar refractivity (Wildman–Crippen MR) is 106 cm³/mol. The molecule has 0 bridgehead atoms. The highest BCUT2D eigenvalue weighted by atomic mass is 35.5. The quantitative estimate of drug-likeness (QED) is 0.704. The van der Waals surface area contributed by atoms with E-state index < -0.39 is 6.04 Å². The molecule has 0 aliphatic heterocycles. The van der Waals surface area contributed by atoms with Crippen LogP contribution < -0.4 is 16.4 Å². The molecule has 0 unspecified atom stereocenters. The molecular weight excluding hydrogens is 373 g/mol. The smallest absolute Gasteiger partial charge is 0.253 e. The van der Waals surface area contributed by atoms with Gasteiger partial charge in [0.25, 0.3) is 5.91 Å². The number of nitrogens with two attached hydrogens (primary N) is 1. The largest absolute Gasteiger partial charge is 0.349 e. The highest BCUT2D eigenvalue weighted by Crippen LogP contribution is 2.24. The van der Waals surface area contributed by atoms with Gasteiger partial charge in [-0.25, -0.2) is 0 Å². The van der Waals surface area contributed by atoms with Crippen molar-refractivity contribution in [3.8, 4) is 0 Å². The average molecular weight is 394 g/mol. The summed E-state index contributed by atoms with van der Waals surface area (Å²) in [7, 11) is 0.